The Labute approximate surface area is 120 Å². The fourth-order valence-corrected chi connectivity index (χ4v) is 2.65. The predicted octanol–water partition coefficient (Wildman–Crippen LogP) is 0.0265. The molecule has 0 saturated carbocycles. The third-order valence-corrected chi connectivity index (χ3v) is 3.75. The van der Waals surface area contributed by atoms with Gasteiger partial charge in [0.05, 0.1) is 12.3 Å². The second kappa shape index (κ2) is 6.85. The van der Waals surface area contributed by atoms with Gasteiger partial charge in [-0.3, -0.25) is 14.4 Å². The molecule has 1 N–H and O–H groups in total. The maximum absolute atomic E-state index is 12.3. The highest BCUT2D eigenvalue weighted by atomic mass is 16.3. The fraction of sp³-hybridized carbons (Fsp3) is 0.714. The first-order chi connectivity index (χ1) is 9.60. The number of aromatic nitrogens is 2. The molecular formula is C14H24N4O2. The zero-order valence-electron chi connectivity index (χ0n) is 12.4. The van der Waals surface area contributed by atoms with Crippen molar-refractivity contribution in [2.45, 2.75) is 26.8 Å². The Balaban J connectivity index is 1.91. The van der Waals surface area contributed by atoms with E-state index in [1.54, 1.807) is 4.68 Å². The van der Waals surface area contributed by atoms with E-state index in [9.17, 15) is 4.79 Å². The average molecular weight is 280 g/mol. The van der Waals surface area contributed by atoms with E-state index in [1.165, 1.54) is 0 Å². The topological polar surface area (TPSA) is 61.6 Å². The summed E-state index contributed by atoms with van der Waals surface area (Å²) in [4.78, 5) is 16.5. The minimum Gasteiger partial charge on any atom is -0.395 e. The van der Waals surface area contributed by atoms with Crippen molar-refractivity contribution >= 4 is 5.91 Å². The normalized spacial score (nSPS) is 17.2. The number of amides is 1. The lowest BCUT2D eigenvalue weighted by molar-refractivity contribution is -0.131. The Morgan fingerprint density at radius 1 is 1.30 bits per heavy atom. The maximum Gasteiger partial charge on any atom is 0.244 e. The second-order valence-corrected chi connectivity index (χ2v) is 5.38. The lowest BCUT2D eigenvalue weighted by Gasteiger charge is -2.21. The van der Waals surface area contributed by atoms with Gasteiger partial charge < -0.3 is 10.0 Å². The molecule has 0 aromatic carbocycles. The van der Waals surface area contributed by atoms with Crippen LogP contribution in [0, 0.1) is 13.8 Å². The molecule has 0 bridgehead atoms. The Bertz CT molecular complexity index is 458. The van der Waals surface area contributed by atoms with E-state index in [4.69, 9.17) is 5.11 Å². The third kappa shape index (κ3) is 3.80. The third-order valence-electron chi connectivity index (χ3n) is 3.75. The number of aliphatic hydroxyl groups excluding tert-OH is 1. The standard InChI is InChI=1S/C14H24N4O2/c1-12-10-13(2)18(15-12)11-14(20)17-5-3-4-16(6-7-17)8-9-19/h10,19H,3-9,11H2,1-2H3. The molecule has 6 heteroatoms. The van der Waals surface area contributed by atoms with Gasteiger partial charge in [0.15, 0.2) is 0 Å². The lowest BCUT2D eigenvalue weighted by Crippen LogP contribution is -2.38. The highest BCUT2D eigenvalue weighted by Gasteiger charge is 2.19. The number of nitrogens with zero attached hydrogens (tertiary/aromatic N) is 4. The average Bonchev–Trinajstić information content (AvgIpc) is 2.62. The van der Waals surface area contributed by atoms with Crippen LogP contribution in [0.5, 0.6) is 0 Å². The van der Waals surface area contributed by atoms with Gasteiger partial charge in [0.2, 0.25) is 5.91 Å². The molecule has 20 heavy (non-hydrogen) atoms. The van der Waals surface area contributed by atoms with Crippen LogP contribution < -0.4 is 0 Å². The van der Waals surface area contributed by atoms with Gasteiger partial charge >= 0.3 is 0 Å². The molecule has 1 aromatic heterocycles. The van der Waals surface area contributed by atoms with Gasteiger partial charge in [-0.15, -0.1) is 0 Å². The van der Waals surface area contributed by atoms with E-state index >= 15 is 0 Å². The molecule has 0 spiro atoms. The summed E-state index contributed by atoms with van der Waals surface area (Å²) in [5.74, 6) is 0.127. The SMILES string of the molecule is Cc1cc(C)n(CC(=O)N2CCCN(CCO)CC2)n1. The van der Waals surface area contributed by atoms with Crippen molar-refractivity contribution in [1.29, 1.82) is 0 Å². The first kappa shape index (κ1) is 15.0. The molecule has 0 atom stereocenters. The van der Waals surface area contributed by atoms with Gasteiger partial charge in [0, 0.05) is 31.9 Å². The first-order valence-electron chi connectivity index (χ1n) is 7.22. The van der Waals surface area contributed by atoms with Gasteiger partial charge in [-0.05, 0) is 32.9 Å². The van der Waals surface area contributed by atoms with Crippen LogP contribution in [0.2, 0.25) is 0 Å². The minimum atomic E-state index is 0.127. The van der Waals surface area contributed by atoms with Crippen LogP contribution in [0.1, 0.15) is 17.8 Å². The molecule has 1 aromatic rings. The molecule has 0 radical (unpaired) electrons. The number of β-amino-alcohol motifs (C(OH)–C–C–N with tert-alkyl or cyclic N) is 1. The van der Waals surface area contributed by atoms with Crippen LogP contribution in [0.3, 0.4) is 0 Å². The molecule has 0 unspecified atom stereocenters. The molecule has 0 aliphatic carbocycles. The van der Waals surface area contributed by atoms with Crippen molar-refractivity contribution in [3.05, 3.63) is 17.5 Å². The highest BCUT2D eigenvalue weighted by Crippen LogP contribution is 2.06. The lowest BCUT2D eigenvalue weighted by atomic mass is 10.3. The van der Waals surface area contributed by atoms with Crippen LogP contribution in [0.4, 0.5) is 0 Å². The summed E-state index contributed by atoms with van der Waals surface area (Å²) < 4.78 is 1.77. The van der Waals surface area contributed by atoms with Crippen LogP contribution in [-0.2, 0) is 11.3 Å². The molecule has 1 fully saturated rings. The highest BCUT2D eigenvalue weighted by molar-refractivity contribution is 5.76. The van der Waals surface area contributed by atoms with Crippen molar-refractivity contribution in [2.75, 3.05) is 39.3 Å². The molecule has 6 nitrogen and oxygen atoms in total. The Kier molecular flexibility index (Phi) is 5.14. The first-order valence-corrected chi connectivity index (χ1v) is 7.22. The van der Waals surface area contributed by atoms with Crippen LogP contribution >= 0.6 is 0 Å². The zero-order chi connectivity index (χ0) is 14.5. The van der Waals surface area contributed by atoms with E-state index < -0.39 is 0 Å². The van der Waals surface area contributed by atoms with Crippen LogP contribution in [-0.4, -0.2) is 69.9 Å². The largest absolute Gasteiger partial charge is 0.395 e. The Morgan fingerprint density at radius 2 is 2.10 bits per heavy atom. The quantitative estimate of drug-likeness (QED) is 0.845. The van der Waals surface area contributed by atoms with Crippen LogP contribution in [0.25, 0.3) is 0 Å². The Hall–Kier alpha value is -1.40. The molecular weight excluding hydrogens is 256 g/mol. The molecule has 1 saturated heterocycles. The van der Waals surface area contributed by atoms with Gasteiger partial charge in [-0.2, -0.15) is 5.10 Å². The van der Waals surface area contributed by atoms with Crippen molar-refractivity contribution in [1.82, 2.24) is 19.6 Å². The molecule has 1 amide bonds. The number of carbonyl (C=O) groups excluding carboxylic acids is 1. The summed E-state index contributed by atoms with van der Waals surface area (Å²) in [5.41, 5.74) is 1.97. The molecule has 2 heterocycles. The van der Waals surface area contributed by atoms with E-state index in [2.05, 4.69) is 10.00 Å². The van der Waals surface area contributed by atoms with Crippen molar-refractivity contribution < 1.29 is 9.90 Å². The number of carbonyl (C=O) groups is 1. The number of hydrogen-bond acceptors (Lipinski definition) is 4. The molecule has 2 rings (SSSR count). The number of aryl methyl sites for hydroxylation is 2. The summed E-state index contributed by atoms with van der Waals surface area (Å²) >= 11 is 0. The summed E-state index contributed by atoms with van der Waals surface area (Å²) in [6, 6.07) is 1.98. The second-order valence-electron chi connectivity index (χ2n) is 5.38. The number of rotatable bonds is 4. The van der Waals surface area contributed by atoms with E-state index in [-0.39, 0.29) is 12.5 Å². The monoisotopic (exact) mass is 280 g/mol. The summed E-state index contributed by atoms with van der Waals surface area (Å²) in [6.45, 7) is 8.41. The smallest absolute Gasteiger partial charge is 0.244 e. The van der Waals surface area contributed by atoms with Gasteiger partial charge in [-0.25, -0.2) is 0 Å². The van der Waals surface area contributed by atoms with E-state index in [1.807, 2.05) is 24.8 Å². The van der Waals surface area contributed by atoms with Crippen molar-refractivity contribution in [3.8, 4) is 0 Å². The van der Waals surface area contributed by atoms with Crippen molar-refractivity contribution in [3.63, 3.8) is 0 Å². The van der Waals surface area contributed by atoms with E-state index in [0.29, 0.717) is 13.1 Å². The van der Waals surface area contributed by atoms with E-state index in [0.717, 1.165) is 44.0 Å². The molecule has 1 aliphatic rings. The minimum absolute atomic E-state index is 0.127. The number of aliphatic hydroxyl groups is 1. The predicted molar refractivity (Wildman–Crippen MR) is 76.4 cm³/mol. The van der Waals surface area contributed by atoms with Gasteiger partial charge in [0.25, 0.3) is 0 Å². The number of hydrogen-bond donors (Lipinski definition) is 1. The Morgan fingerprint density at radius 3 is 2.75 bits per heavy atom. The maximum atomic E-state index is 12.3. The molecule has 112 valence electrons. The summed E-state index contributed by atoms with van der Waals surface area (Å²) in [7, 11) is 0. The van der Waals surface area contributed by atoms with Crippen LogP contribution in [0.15, 0.2) is 6.07 Å². The van der Waals surface area contributed by atoms with Gasteiger partial charge in [0.1, 0.15) is 6.54 Å². The summed E-state index contributed by atoms with van der Waals surface area (Å²) in [5, 5.41) is 13.3. The van der Waals surface area contributed by atoms with Crippen molar-refractivity contribution in [2.24, 2.45) is 0 Å². The zero-order valence-corrected chi connectivity index (χ0v) is 12.4. The van der Waals surface area contributed by atoms with Gasteiger partial charge in [-0.1, -0.05) is 0 Å². The summed E-state index contributed by atoms with van der Waals surface area (Å²) in [6.07, 6.45) is 0.961. The fourth-order valence-electron chi connectivity index (χ4n) is 2.65. The molecule has 1 aliphatic heterocycles.